The summed E-state index contributed by atoms with van der Waals surface area (Å²) in [6.45, 7) is 5.29. The van der Waals surface area contributed by atoms with Crippen LogP contribution in [0.3, 0.4) is 0 Å². The second kappa shape index (κ2) is 10.7. The number of alkyl halides is 3. The van der Waals surface area contributed by atoms with Crippen LogP contribution in [0.15, 0.2) is 48.5 Å². The molecular formula is C27H31F4NO5. The molecule has 1 saturated carbocycles. The van der Waals surface area contributed by atoms with Gasteiger partial charge in [-0.15, -0.1) is 0 Å². The van der Waals surface area contributed by atoms with Gasteiger partial charge in [0.1, 0.15) is 11.9 Å². The van der Waals surface area contributed by atoms with Crippen molar-refractivity contribution < 1.29 is 41.3 Å². The van der Waals surface area contributed by atoms with Gasteiger partial charge in [-0.25, -0.2) is 4.39 Å². The van der Waals surface area contributed by atoms with Crippen molar-refractivity contribution in [1.29, 1.82) is 0 Å². The molecule has 4 rings (SSSR count). The minimum Gasteiger partial charge on any atom is -0.371 e. The Balaban J connectivity index is 1.60. The maximum absolute atomic E-state index is 14.3. The number of likely N-dealkylation sites (N-methyl/N-ethyl adjacent to an activating group) is 1. The molecule has 1 N–H and O–H groups in total. The fourth-order valence-corrected chi connectivity index (χ4v) is 4.90. The quantitative estimate of drug-likeness (QED) is 0.484. The summed E-state index contributed by atoms with van der Waals surface area (Å²) < 4.78 is 78.2. The molecule has 10 heteroatoms. The number of hydrogen-bond acceptors (Lipinski definition) is 5. The van der Waals surface area contributed by atoms with Crippen LogP contribution in [0, 0.1) is 5.82 Å². The summed E-state index contributed by atoms with van der Waals surface area (Å²) >= 11 is 0. The van der Waals surface area contributed by atoms with Crippen LogP contribution < -0.4 is 5.32 Å². The summed E-state index contributed by atoms with van der Waals surface area (Å²) in [5.41, 5.74) is -1.59. The Morgan fingerprint density at radius 3 is 2.54 bits per heavy atom. The molecule has 1 aliphatic heterocycles. The first kappa shape index (κ1) is 27.5. The second-order valence-corrected chi connectivity index (χ2v) is 9.83. The monoisotopic (exact) mass is 525 g/mol. The van der Waals surface area contributed by atoms with Gasteiger partial charge in [0.05, 0.1) is 31.0 Å². The molecule has 202 valence electrons. The molecule has 1 amide bonds. The molecule has 1 heterocycles. The van der Waals surface area contributed by atoms with Gasteiger partial charge in [-0.2, -0.15) is 13.2 Å². The van der Waals surface area contributed by atoms with Crippen molar-refractivity contribution in [3.05, 3.63) is 71.0 Å². The zero-order chi connectivity index (χ0) is 26.8. The fraction of sp³-hybridized carbons (Fsp3) is 0.519. The van der Waals surface area contributed by atoms with Crippen molar-refractivity contribution >= 4 is 5.91 Å². The number of benzene rings is 2. The van der Waals surface area contributed by atoms with Crippen LogP contribution in [0.2, 0.25) is 0 Å². The van der Waals surface area contributed by atoms with E-state index in [1.807, 2.05) is 0 Å². The van der Waals surface area contributed by atoms with E-state index in [2.05, 4.69) is 5.32 Å². The summed E-state index contributed by atoms with van der Waals surface area (Å²) in [5, 5.41) is 2.79. The Labute approximate surface area is 213 Å². The molecule has 0 aromatic heterocycles. The Kier molecular flexibility index (Phi) is 7.94. The number of fused-ring (bicyclic) bond motifs is 1. The van der Waals surface area contributed by atoms with Gasteiger partial charge in [-0.3, -0.25) is 4.79 Å². The number of amides is 1. The van der Waals surface area contributed by atoms with Crippen LogP contribution in [-0.4, -0.2) is 42.2 Å². The van der Waals surface area contributed by atoms with Crippen molar-refractivity contribution in [2.75, 3.05) is 6.54 Å². The molecule has 0 bridgehead atoms. The van der Waals surface area contributed by atoms with Gasteiger partial charge in [0.25, 0.3) is 5.91 Å². The lowest BCUT2D eigenvalue weighted by molar-refractivity contribution is -0.183. The molecular weight excluding hydrogens is 494 g/mol. The highest BCUT2D eigenvalue weighted by atomic mass is 19.4. The highest BCUT2D eigenvalue weighted by molar-refractivity contribution is 5.85. The van der Waals surface area contributed by atoms with Crippen molar-refractivity contribution in [1.82, 2.24) is 5.32 Å². The van der Waals surface area contributed by atoms with Crippen molar-refractivity contribution in [2.45, 2.75) is 82.7 Å². The SMILES string of the molecule is CCNC(=O)[C@@]1(OCc2ccccc2F)C[C@@H](OCc2cccc(C(F)(F)F)c2)[C@@H]2OC(C)(C)O[C@@H]2C1. The Bertz CT molecular complexity index is 1110. The molecule has 1 saturated heterocycles. The van der Waals surface area contributed by atoms with Gasteiger partial charge in [0.2, 0.25) is 0 Å². The zero-order valence-corrected chi connectivity index (χ0v) is 20.9. The largest absolute Gasteiger partial charge is 0.416 e. The molecule has 0 spiro atoms. The molecule has 6 nitrogen and oxygen atoms in total. The number of nitrogens with one attached hydrogen (secondary N) is 1. The number of halogens is 4. The lowest BCUT2D eigenvalue weighted by Gasteiger charge is -2.43. The summed E-state index contributed by atoms with van der Waals surface area (Å²) in [5.74, 6) is -1.82. The van der Waals surface area contributed by atoms with E-state index < -0.39 is 53.2 Å². The molecule has 2 aromatic carbocycles. The van der Waals surface area contributed by atoms with Crippen molar-refractivity contribution in [3.8, 4) is 0 Å². The first-order valence-electron chi connectivity index (χ1n) is 12.2. The van der Waals surface area contributed by atoms with Crippen LogP contribution in [-0.2, 0) is 43.1 Å². The number of rotatable bonds is 8. The van der Waals surface area contributed by atoms with E-state index in [1.165, 1.54) is 18.2 Å². The first-order valence-corrected chi connectivity index (χ1v) is 12.2. The van der Waals surface area contributed by atoms with Crippen LogP contribution >= 0.6 is 0 Å². The van der Waals surface area contributed by atoms with E-state index in [0.29, 0.717) is 17.7 Å². The second-order valence-electron chi connectivity index (χ2n) is 9.83. The molecule has 1 aliphatic carbocycles. The summed E-state index contributed by atoms with van der Waals surface area (Å²) in [7, 11) is 0. The average Bonchev–Trinajstić information content (AvgIpc) is 3.15. The summed E-state index contributed by atoms with van der Waals surface area (Å²) in [6.07, 6.45) is -6.18. The number of hydrogen-bond donors (Lipinski definition) is 1. The normalized spacial score (nSPS) is 27.1. The van der Waals surface area contributed by atoms with Crippen LogP contribution in [0.5, 0.6) is 0 Å². The van der Waals surface area contributed by atoms with E-state index in [1.54, 1.807) is 39.0 Å². The van der Waals surface area contributed by atoms with Gasteiger partial charge >= 0.3 is 6.18 Å². The van der Waals surface area contributed by atoms with E-state index in [-0.39, 0.29) is 26.1 Å². The standard InChI is InChI=1S/C27H31F4NO5/c1-4-32-24(33)26(35-16-18-9-5-6-11-20(18)28)13-21(23-22(14-26)36-25(2,3)37-23)34-15-17-8-7-10-19(12-17)27(29,30)31/h5-12,21-23H,4,13-16H2,1-3H3,(H,32,33)/t21-,22-,23+,26-/m1/s1. The van der Waals surface area contributed by atoms with Gasteiger partial charge in [0.15, 0.2) is 11.4 Å². The Morgan fingerprint density at radius 1 is 1.08 bits per heavy atom. The van der Waals surface area contributed by atoms with Gasteiger partial charge < -0.3 is 24.3 Å². The van der Waals surface area contributed by atoms with E-state index in [0.717, 1.165) is 12.1 Å². The third-order valence-corrected chi connectivity index (χ3v) is 6.58. The highest BCUT2D eigenvalue weighted by Crippen LogP contribution is 2.44. The number of carbonyl (C=O) groups excluding carboxylic acids is 1. The highest BCUT2D eigenvalue weighted by Gasteiger charge is 2.58. The predicted octanol–water partition coefficient (Wildman–Crippen LogP) is 5.14. The molecule has 2 aliphatic rings. The summed E-state index contributed by atoms with van der Waals surface area (Å²) in [6, 6.07) is 11.0. The van der Waals surface area contributed by atoms with E-state index >= 15 is 0 Å². The van der Waals surface area contributed by atoms with Crippen LogP contribution in [0.1, 0.15) is 50.3 Å². The molecule has 0 unspecified atom stereocenters. The van der Waals surface area contributed by atoms with Gasteiger partial charge in [-0.05, 0) is 44.5 Å². The molecule has 2 fully saturated rings. The van der Waals surface area contributed by atoms with E-state index in [9.17, 15) is 22.4 Å². The lowest BCUT2D eigenvalue weighted by atomic mass is 9.78. The van der Waals surface area contributed by atoms with E-state index in [4.69, 9.17) is 18.9 Å². The Morgan fingerprint density at radius 2 is 1.84 bits per heavy atom. The average molecular weight is 526 g/mol. The maximum atomic E-state index is 14.3. The van der Waals surface area contributed by atoms with Gasteiger partial charge in [-0.1, -0.05) is 30.3 Å². The minimum atomic E-state index is -4.48. The topological polar surface area (TPSA) is 66.0 Å². The maximum Gasteiger partial charge on any atom is 0.416 e. The number of carbonyl (C=O) groups is 1. The van der Waals surface area contributed by atoms with Crippen molar-refractivity contribution in [3.63, 3.8) is 0 Å². The Hall–Kier alpha value is -2.53. The van der Waals surface area contributed by atoms with Gasteiger partial charge in [0, 0.05) is 24.9 Å². The summed E-state index contributed by atoms with van der Waals surface area (Å²) in [4.78, 5) is 13.3. The van der Waals surface area contributed by atoms with Crippen LogP contribution in [0.4, 0.5) is 17.6 Å². The molecule has 2 aromatic rings. The minimum absolute atomic E-state index is 0.0485. The van der Waals surface area contributed by atoms with Crippen molar-refractivity contribution in [2.24, 2.45) is 0 Å². The predicted molar refractivity (Wildman–Crippen MR) is 126 cm³/mol. The smallest absolute Gasteiger partial charge is 0.371 e. The fourth-order valence-electron chi connectivity index (χ4n) is 4.90. The number of ether oxygens (including phenoxy) is 4. The molecule has 37 heavy (non-hydrogen) atoms. The third-order valence-electron chi connectivity index (χ3n) is 6.58. The molecule has 0 radical (unpaired) electrons. The first-order chi connectivity index (χ1) is 17.4. The lowest BCUT2D eigenvalue weighted by Crippen LogP contribution is -2.60. The zero-order valence-electron chi connectivity index (χ0n) is 20.9. The van der Waals surface area contributed by atoms with Crippen LogP contribution in [0.25, 0.3) is 0 Å². The molecule has 4 atom stereocenters. The third kappa shape index (κ3) is 6.31.